The van der Waals surface area contributed by atoms with Gasteiger partial charge in [-0.15, -0.1) is 11.3 Å². The third-order valence-electron chi connectivity index (χ3n) is 2.33. The quantitative estimate of drug-likeness (QED) is 0.888. The zero-order valence-electron chi connectivity index (χ0n) is 9.36. The Balaban J connectivity index is 2.48. The van der Waals surface area contributed by atoms with Crippen LogP contribution in [0.3, 0.4) is 0 Å². The lowest BCUT2D eigenvalue weighted by Gasteiger charge is -2.03. The van der Waals surface area contributed by atoms with E-state index in [1.54, 1.807) is 18.4 Å². The molecule has 2 rings (SSSR count). The van der Waals surface area contributed by atoms with Gasteiger partial charge < -0.3 is 10.5 Å². The van der Waals surface area contributed by atoms with Crippen LogP contribution >= 0.6 is 11.3 Å². The molecule has 4 heteroatoms. The summed E-state index contributed by atoms with van der Waals surface area (Å²) in [5.74, 6) is 0.853. The van der Waals surface area contributed by atoms with Gasteiger partial charge >= 0.3 is 0 Å². The maximum Gasteiger partial charge on any atom is 0.119 e. The van der Waals surface area contributed by atoms with Gasteiger partial charge in [0.25, 0.3) is 0 Å². The fourth-order valence-corrected chi connectivity index (χ4v) is 2.54. The highest BCUT2D eigenvalue weighted by Crippen LogP contribution is 2.31. The smallest absolute Gasteiger partial charge is 0.119 e. The molecule has 1 heterocycles. The molecular formula is C12H14N2OS. The van der Waals surface area contributed by atoms with E-state index >= 15 is 0 Å². The second-order valence-electron chi connectivity index (χ2n) is 3.44. The molecule has 0 spiro atoms. The number of aromatic nitrogens is 1. The molecular weight excluding hydrogens is 220 g/mol. The van der Waals surface area contributed by atoms with Crippen LogP contribution in [0.5, 0.6) is 5.75 Å². The predicted molar refractivity (Wildman–Crippen MR) is 66.7 cm³/mol. The summed E-state index contributed by atoms with van der Waals surface area (Å²) in [6, 6.07) is 7.96. The van der Waals surface area contributed by atoms with E-state index in [0.29, 0.717) is 6.54 Å². The van der Waals surface area contributed by atoms with Crippen molar-refractivity contribution in [1.82, 2.24) is 4.98 Å². The first kappa shape index (κ1) is 11.1. The molecule has 2 aromatic rings. The minimum Gasteiger partial charge on any atom is -0.497 e. The highest BCUT2D eigenvalue weighted by atomic mass is 32.1. The van der Waals surface area contributed by atoms with Gasteiger partial charge in [-0.3, -0.25) is 0 Å². The molecule has 0 aliphatic carbocycles. The fraction of sp³-hybridized carbons (Fsp3) is 0.250. The molecule has 0 saturated heterocycles. The zero-order chi connectivity index (χ0) is 11.5. The molecule has 1 aromatic heterocycles. The SMILES string of the molecule is COc1cccc(-c2sc(C)nc2CN)c1. The topological polar surface area (TPSA) is 48.1 Å². The number of nitrogens with two attached hydrogens (primary N) is 1. The molecule has 16 heavy (non-hydrogen) atoms. The van der Waals surface area contributed by atoms with Crippen LogP contribution in [0.2, 0.25) is 0 Å². The summed E-state index contributed by atoms with van der Waals surface area (Å²) < 4.78 is 5.21. The van der Waals surface area contributed by atoms with Crippen LogP contribution in [0.4, 0.5) is 0 Å². The Kier molecular flexibility index (Phi) is 3.22. The summed E-state index contributed by atoms with van der Waals surface area (Å²) in [6.07, 6.45) is 0. The number of rotatable bonds is 3. The van der Waals surface area contributed by atoms with E-state index in [9.17, 15) is 0 Å². The lowest BCUT2D eigenvalue weighted by Crippen LogP contribution is -1.98. The first-order valence-electron chi connectivity index (χ1n) is 5.05. The normalized spacial score (nSPS) is 10.4. The van der Waals surface area contributed by atoms with E-state index in [1.807, 2.05) is 25.1 Å². The van der Waals surface area contributed by atoms with Crippen LogP contribution in [0.25, 0.3) is 10.4 Å². The Bertz CT molecular complexity index is 494. The first-order valence-corrected chi connectivity index (χ1v) is 5.87. The van der Waals surface area contributed by atoms with E-state index in [2.05, 4.69) is 11.1 Å². The summed E-state index contributed by atoms with van der Waals surface area (Å²) in [6.45, 7) is 2.46. The second kappa shape index (κ2) is 4.63. The van der Waals surface area contributed by atoms with Gasteiger partial charge in [-0.1, -0.05) is 12.1 Å². The molecule has 0 saturated carbocycles. The van der Waals surface area contributed by atoms with Crippen molar-refractivity contribution in [1.29, 1.82) is 0 Å². The molecule has 0 aliphatic heterocycles. The molecule has 0 aliphatic rings. The largest absolute Gasteiger partial charge is 0.497 e. The van der Waals surface area contributed by atoms with Crippen LogP contribution in [-0.4, -0.2) is 12.1 Å². The van der Waals surface area contributed by atoms with Gasteiger partial charge in [-0.25, -0.2) is 4.98 Å². The predicted octanol–water partition coefficient (Wildman–Crippen LogP) is 2.59. The van der Waals surface area contributed by atoms with Crippen molar-refractivity contribution >= 4 is 11.3 Å². The highest BCUT2D eigenvalue weighted by molar-refractivity contribution is 7.15. The molecule has 84 valence electrons. The van der Waals surface area contributed by atoms with E-state index in [4.69, 9.17) is 10.5 Å². The Labute approximate surface area is 98.9 Å². The maximum absolute atomic E-state index is 5.68. The number of benzene rings is 1. The Morgan fingerprint density at radius 1 is 1.44 bits per heavy atom. The number of thiazole rings is 1. The van der Waals surface area contributed by atoms with Gasteiger partial charge in [0.15, 0.2) is 0 Å². The average molecular weight is 234 g/mol. The Morgan fingerprint density at radius 2 is 2.25 bits per heavy atom. The fourth-order valence-electron chi connectivity index (χ4n) is 1.60. The van der Waals surface area contributed by atoms with Crippen molar-refractivity contribution in [3.63, 3.8) is 0 Å². The number of aryl methyl sites for hydroxylation is 1. The third-order valence-corrected chi connectivity index (χ3v) is 3.39. The van der Waals surface area contributed by atoms with E-state index in [0.717, 1.165) is 26.9 Å². The average Bonchev–Trinajstić information content (AvgIpc) is 2.70. The molecule has 1 aromatic carbocycles. The van der Waals surface area contributed by atoms with Gasteiger partial charge in [0.05, 0.1) is 22.7 Å². The summed E-state index contributed by atoms with van der Waals surface area (Å²) in [4.78, 5) is 5.55. The maximum atomic E-state index is 5.68. The summed E-state index contributed by atoms with van der Waals surface area (Å²) >= 11 is 1.66. The zero-order valence-corrected chi connectivity index (χ0v) is 10.2. The van der Waals surface area contributed by atoms with Crippen molar-refractivity contribution in [3.8, 4) is 16.2 Å². The van der Waals surface area contributed by atoms with Crippen molar-refractivity contribution < 1.29 is 4.74 Å². The van der Waals surface area contributed by atoms with Gasteiger partial charge in [0.1, 0.15) is 5.75 Å². The van der Waals surface area contributed by atoms with Crippen LogP contribution < -0.4 is 10.5 Å². The van der Waals surface area contributed by atoms with Crippen molar-refractivity contribution in [2.45, 2.75) is 13.5 Å². The van der Waals surface area contributed by atoms with Crippen LogP contribution in [0, 0.1) is 6.92 Å². The first-order chi connectivity index (χ1) is 7.74. The number of methoxy groups -OCH3 is 1. The summed E-state index contributed by atoms with van der Waals surface area (Å²) in [5.41, 5.74) is 7.76. The summed E-state index contributed by atoms with van der Waals surface area (Å²) in [5, 5.41) is 1.04. The highest BCUT2D eigenvalue weighted by Gasteiger charge is 2.10. The Hall–Kier alpha value is -1.39. The molecule has 0 fully saturated rings. The summed E-state index contributed by atoms with van der Waals surface area (Å²) in [7, 11) is 1.67. The van der Waals surface area contributed by atoms with E-state index in [-0.39, 0.29) is 0 Å². The van der Waals surface area contributed by atoms with Crippen molar-refractivity contribution in [2.75, 3.05) is 7.11 Å². The van der Waals surface area contributed by atoms with Gasteiger partial charge in [-0.05, 0) is 24.6 Å². The third kappa shape index (κ3) is 2.08. The molecule has 0 bridgehead atoms. The number of hydrogen-bond donors (Lipinski definition) is 1. The van der Waals surface area contributed by atoms with Crippen molar-refractivity contribution in [2.24, 2.45) is 5.73 Å². The standard InChI is InChI=1S/C12H14N2OS/c1-8-14-11(7-13)12(16-8)9-4-3-5-10(6-9)15-2/h3-6H,7,13H2,1-2H3. The number of hydrogen-bond acceptors (Lipinski definition) is 4. The number of ether oxygens (including phenoxy) is 1. The molecule has 0 radical (unpaired) electrons. The van der Waals surface area contributed by atoms with Gasteiger partial charge in [0, 0.05) is 6.54 Å². The minimum atomic E-state index is 0.469. The lowest BCUT2D eigenvalue weighted by atomic mass is 10.1. The van der Waals surface area contributed by atoms with Gasteiger partial charge in [0.2, 0.25) is 0 Å². The minimum absolute atomic E-state index is 0.469. The number of nitrogens with zero attached hydrogens (tertiary/aromatic N) is 1. The molecule has 0 amide bonds. The van der Waals surface area contributed by atoms with Crippen LogP contribution in [-0.2, 0) is 6.54 Å². The van der Waals surface area contributed by atoms with E-state index in [1.165, 1.54) is 0 Å². The second-order valence-corrected chi connectivity index (χ2v) is 4.65. The van der Waals surface area contributed by atoms with E-state index < -0.39 is 0 Å². The lowest BCUT2D eigenvalue weighted by molar-refractivity contribution is 0.415. The monoisotopic (exact) mass is 234 g/mol. The molecule has 3 nitrogen and oxygen atoms in total. The molecule has 2 N–H and O–H groups in total. The Morgan fingerprint density at radius 3 is 2.94 bits per heavy atom. The van der Waals surface area contributed by atoms with Crippen LogP contribution in [0.1, 0.15) is 10.7 Å². The van der Waals surface area contributed by atoms with Crippen molar-refractivity contribution in [3.05, 3.63) is 35.0 Å². The molecule has 0 atom stereocenters. The van der Waals surface area contributed by atoms with Gasteiger partial charge in [-0.2, -0.15) is 0 Å². The molecule has 0 unspecified atom stereocenters. The van der Waals surface area contributed by atoms with Crippen LogP contribution in [0.15, 0.2) is 24.3 Å².